The van der Waals surface area contributed by atoms with E-state index in [-0.39, 0.29) is 11.6 Å². The number of benzene rings is 2. The van der Waals surface area contributed by atoms with E-state index in [0.29, 0.717) is 87.3 Å². The number of aromatic nitrogens is 3. The number of hydrazine groups is 1. The zero-order valence-corrected chi connectivity index (χ0v) is 22.5. The van der Waals surface area contributed by atoms with Gasteiger partial charge in [-0.1, -0.05) is 24.3 Å². The van der Waals surface area contributed by atoms with E-state index in [1.807, 2.05) is 15.9 Å². The first kappa shape index (κ1) is 26.5. The van der Waals surface area contributed by atoms with Gasteiger partial charge in [-0.15, -0.1) is 0 Å². The molecule has 13 heteroatoms. The highest BCUT2D eigenvalue weighted by molar-refractivity contribution is 6.31. The van der Waals surface area contributed by atoms with Gasteiger partial charge in [0.1, 0.15) is 5.57 Å². The minimum absolute atomic E-state index is 0.00680. The number of carbonyl (C=O) groups is 2. The van der Waals surface area contributed by atoms with Crippen LogP contribution >= 0.6 is 0 Å². The van der Waals surface area contributed by atoms with Gasteiger partial charge in [-0.25, -0.2) is 5.01 Å². The summed E-state index contributed by atoms with van der Waals surface area (Å²) in [5.41, 5.74) is 3.76. The highest BCUT2D eigenvalue weighted by Crippen LogP contribution is 2.33. The number of hydrogen-bond donors (Lipinski definition) is 1. The molecule has 2 amide bonds. The molecule has 13 nitrogen and oxygen atoms in total. The SMILES string of the molecule is COc1cc(C=C2C(=O)NN(c3ccccc3)C2=O)ccc1Oc1nc(N2CCOCC2)nc(N2CCOCC2)n1. The lowest BCUT2D eigenvalue weighted by Gasteiger charge is -2.30. The van der Waals surface area contributed by atoms with Crippen LogP contribution in [0.4, 0.5) is 17.6 Å². The Kier molecular flexibility index (Phi) is 7.60. The fourth-order valence-electron chi connectivity index (χ4n) is 4.63. The van der Waals surface area contributed by atoms with Crippen LogP contribution in [0.3, 0.4) is 0 Å². The third kappa shape index (κ3) is 5.76. The third-order valence-electron chi connectivity index (χ3n) is 6.78. The lowest BCUT2D eigenvalue weighted by molar-refractivity contribution is -0.117. The number of nitrogens with one attached hydrogen (secondary N) is 1. The zero-order valence-electron chi connectivity index (χ0n) is 22.5. The Labute approximate surface area is 236 Å². The van der Waals surface area contributed by atoms with Crippen LogP contribution in [-0.4, -0.2) is 86.5 Å². The quantitative estimate of drug-likeness (QED) is 0.336. The third-order valence-corrected chi connectivity index (χ3v) is 6.78. The number of para-hydroxylation sites is 1. The molecule has 0 radical (unpaired) electrons. The van der Waals surface area contributed by atoms with Crippen LogP contribution in [0.1, 0.15) is 5.56 Å². The molecule has 3 saturated heterocycles. The molecule has 41 heavy (non-hydrogen) atoms. The maximum absolute atomic E-state index is 13.0. The molecule has 0 saturated carbocycles. The van der Waals surface area contributed by atoms with E-state index in [0.717, 1.165) is 0 Å². The van der Waals surface area contributed by atoms with Crippen LogP contribution in [0.5, 0.6) is 17.5 Å². The standard InChI is InChI=1S/C28H29N7O6/c1-38-23-18-19(17-21-24(36)32-35(25(21)37)20-5-3-2-4-6-20)7-8-22(23)41-28-30-26(33-9-13-39-14-10-33)29-27(31-28)34-11-15-40-16-12-34/h2-8,17-18H,9-16H2,1H3,(H,32,36). The van der Waals surface area contributed by atoms with Crippen LogP contribution < -0.4 is 29.7 Å². The van der Waals surface area contributed by atoms with Gasteiger partial charge in [-0.05, 0) is 35.9 Å². The first-order chi connectivity index (χ1) is 20.1. The van der Waals surface area contributed by atoms with Gasteiger partial charge >= 0.3 is 6.01 Å². The normalized spacial score (nSPS) is 18.6. The maximum atomic E-state index is 13.0. The Morgan fingerprint density at radius 3 is 2.07 bits per heavy atom. The van der Waals surface area contributed by atoms with Crippen molar-refractivity contribution in [3.05, 3.63) is 59.7 Å². The molecule has 3 fully saturated rings. The molecule has 4 heterocycles. The van der Waals surface area contributed by atoms with Crippen molar-refractivity contribution < 1.29 is 28.5 Å². The second kappa shape index (κ2) is 11.8. The summed E-state index contributed by atoms with van der Waals surface area (Å²) in [5.74, 6) is 0.829. The summed E-state index contributed by atoms with van der Waals surface area (Å²) < 4.78 is 22.7. The van der Waals surface area contributed by atoms with Crippen molar-refractivity contribution in [3.63, 3.8) is 0 Å². The Hall–Kier alpha value is -4.75. The number of nitrogens with zero attached hydrogens (tertiary/aromatic N) is 6. The minimum atomic E-state index is -0.491. The number of carbonyl (C=O) groups excluding carboxylic acids is 2. The van der Waals surface area contributed by atoms with Crippen LogP contribution in [-0.2, 0) is 19.1 Å². The second-order valence-corrected chi connectivity index (χ2v) is 9.40. The van der Waals surface area contributed by atoms with Crippen molar-refractivity contribution in [1.29, 1.82) is 0 Å². The molecule has 2 aromatic carbocycles. The molecule has 212 valence electrons. The van der Waals surface area contributed by atoms with E-state index < -0.39 is 11.8 Å². The van der Waals surface area contributed by atoms with Gasteiger partial charge in [-0.2, -0.15) is 15.0 Å². The zero-order chi connectivity index (χ0) is 28.2. The van der Waals surface area contributed by atoms with E-state index in [2.05, 4.69) is 15.4 Å². The fraction of sp³-hybridized carbons (Fsp3) is 0.321. The molecule has 0 spiro atoms. The predicted octanol–water partition coefficient (Wildman–Crippen LogP) is 1.81. The van der Waals surface area contributed by atoms with Gasteiger partial charge < -0.3 is 28.7 Å². The predicted molar refractivity (Wildman–Crippen MR) is 149 cm³/mol. The van der Waals surface area contributed by atoms with Gasteiger partial charge in [0.2, 0.25) is 11.9 Å². The average molecular weight is 560 g/mol. The molecule has 0 atom stereocenters. The Balaban J connectivity index is 1.27. The molecule has 0 aliphatic carbocycles. The molecule has 3 aliphatic heterocycles. The Morgan fingerprint density at radius 2 is 1.46 bits per heavy atom. The van der Waals surface area contributed by atoms with Crippen molar-refractivity contribution in [2.75, 3.05) is 74.5 Å². The van der Waals surface area contributed by atoms with Crippen molar-refractivity contribution in [2.24, 2.45) is 0 Å². The molecule has 3 aliphatic rings. The molecular weight excluding hydrogens is 530 g/mol. The summed E-state index contributed by atoms with van der Waals surface area (Å²) in [6.07, 6.45) is 1.52. The van der Waals surface area contributed by atoms with Crippen molar-refractivity contribution in [2.45, 2.75) is 0 Å². The highest BCUT2D eigenvalue weighted by atomic mass is 16.5. The lowest BCUT2D eigenvalue weighted by atomic mass is 10.1. The smallest absolute Gasteiger partial charge is 0.328 e. The van der Waals surface area contributed by atoms with E-state index in [4.69, 9.17) is 23.9 Å². The molecule has 6 rings (SSSR count). The number of amides is 2. The number of morpholine rings is 2. The Morgan fingerprint density at radius 1 is 0.829 bits per heavy atom. The van der Waals surface area contributed by atoms with Gasteiger partial charge in [0.05, 0.1) is 39.2 Å². The average Bonchev–Trinajstić information content (AvgIpc) is 3.31. The fourth-order valence-corrected chi connectivity index (χ4v) is 4.63. The second-order valence-electron chi connectivity index (χ2n) is 9.40. The van der Waals surface area contributed by atoms with E-state index in [1.54, 1.807) is 42.5 Å². The number of methoxy groups -OCH3 is 1. The molecule has 3 aromatic rings. The first-order valence-corrected chi connectivity index (χ1v) is 13.3. The van der Waals surface area contributed by atoms with Gasteiger partial charge in [0.15, 0.2) is 11.5 Å². The number of ether oxygens (including phenoxy) is 4. The maximum Gasteiger partial charge on any atom is 0.328 e. The number of anilines is 3. The molecule has 0 unspecified atom stereocenters. The molecule has 1 N–H and O–H groups in total. The summed E-state index contributed by atoms with van der Waals surface area (Å²) in [4.78, 5) is 43.5. The molecule has 0 bridgehead atoms. The van der Waals surface area contributed by atoms with Crippen molar-refractivity contribution >= 4 is 35.5 Å². The van der Waals surface area contributed by atoms with Gasteiger partial charge in [0, 0.05) is 26.2 Å². The molecule has 1 aromatic heterocycles. The van der Waals surface area contributed by atoms with Crippen LogP contribution in [0.15, 0.2) is 54.1 Å². The van der Waals surface area contributed by atoms with Gasteiger partial charge in [-0.3, -0.25) is 15.0 Å². The number of rotatable bonds is 7. The summed E-state index contributed by atoms with van der Waals surface area (Å²) >= 11 is 0. The van der Waals surface area contributed by atoms with Crippen LogP contribution in [0.2, 0.25) is 0 Å². The Bertz CT molecular complexity index is 1420. The highest BCUT2D eigenvalue weighted by Gasteiger charge is 2.34. The summed E-state index contributed by atoms with van der Waals surface area (Å²) in [7, 11) is 1.51. The summed E-state index contributed by atoms with van der Waals surface area (Å²) in [6.45, 7) is 4.98. The van der Waals surface area contributed by atoms with Crippen LogP contribution in [0.25, 0.3) is 6.08 Å². The largest absolute Gasteiger partial charge is 0.493 e. The topological polar surface area (TPSA) is 131 Å². The minimum Gasteiger partial charge on any atom is -0.493 e. The summed E-state index contributed by atoms with van der Waals surface area (Å²) in [6, 6.07) is 14.1. The molecular formula is C28H29N7O6. The van der Waals surface area contributed by atoms with Crippen molar-refractivity contribution in [1.82, 2.24) is 20.4 Å². The van der Waals surface area contributed by atoms with E-state index in [9.17, 15) is 9.59 Å². The van der Waals surface area contributed by atoms with Gasteiger partial charge in [0.25, 0.3) is 11.8 Å². The number of hydrogen-bond acceptors (Lipinski definition) is 11. The lowest BCUT2D eigenvalue weighted by Crippen LogP contribution is -2.40. The summed E-state index contributed by atoms with van der Waals surface area (Å²) in [5, 5.41) is 1.22. The van der Waals surface area contributed by atoms with Crippen LogP contribution in [0, 0.1) is 0 Å². The van der Waals surface area contributed by atoms with E-state index >= 15 is 0 Å². The van der Waals surface area contributed by atoms with Crippen molar-refractivity contribution in [3.8, 4) is 17.5 Å². The monoisotopic (exact) mass is 559 g/mol. The first-order valence-electron chi connectivity index (χ1n) is 13.3. The van der Waals surface area contributed by atoms with E-state index in [1.165, 1.54) is 18.2 Å².